The Kier molecular flexibility index (Phi) is 11.3. The van der Waals surface area contributed by atoms with Crippen LogP contribution in [0.5, 0.6) is 0 Å². The molecule has 0 saturated carbocycles. The van der Waals surface area contributed by atoms with Gasteiger partial charge in [0.05, 0.1) is 0 Å². The smallest absolute Gasteiger partial charge is 0.199 e. The van der Waals surface area contributed by atoms with Crippen LogP contribution >= 0.6 is 0 Å². The van der Waals surface area contributed by atoms with E-state index in [4.69, 9.17) is 0 Å². The van der Waals surface area contributed by atoms with Crippen LogP contribution in [-0.4, -0.2) is 49.6 Å². The van der Waals surface area contributed by atoms with Crippen molar-refractivity contribution in [3.05, 3.63) is 89.5 Å². The molecule has 0 heterocycles. The van der Waals surface area contributed by atoms with Crippen molar-refractivity contribution in [1.29, 1.82) is 0 Å². The van der Waals surface area contributed by atoms with Crippen molar-refractivity contribution >= 4 is 22.7 Å². The van der Waals surface area contributed by atoms with E-state index in [9.17, 15) is 0 Å². The van der Waals surface area contributed by atoms with Crippen LogP contribution in [0.15, 0.2) is 78.4 Å². The van der Waals surface area contributed by atoms with Gasteiger partial charge in [0.15, 0.2) is 5.71 Å². The molecule has 3 rings (SSSR count). The minimum atomic E-state index is 0. The first-order chi connectivity index (χ1) is 16.6. The second kappa shape index (κ2) is 13.9. The van der Waals surface area contributed by atoms with Crippen LogP contribution in [0.3, 0.4) is 0 Å². The monoisotopic (exact) mass is 491 g/mol. The van der Waals surface area contributed by atoms with Crippen LogP contribution in [0.1, 0.15) is 52.7 Å². The van der Waals surface area contributed by atoms with E-state index in [0.29, 0.717) is 0 Å². The van der Waals surface area contributed by atoms with E-state index >= 15 is 0 Å². The molecule has 2 aromatic carbocycles. The molecule has 0 aliphatic heterocycles. The molecule has 0 fully saturated rings. The SMILES string of the molecule is CCN(CC)c1ccc(C(=C2C=CC(=[N+](CC)CC)C=C2)c2ccc(N(CC)CC)cc2)cc1.[Cl-]. The number of halogens is 1. The average molecular weight is 492 g/mol. The van der Waals surface area contributed by atoms with Crippen molar-refractivity contribution in [2.45, 2.75) is 41.5 Å². The Morgan fingerprint density at radius 2 is 0.943 bits per heavy atom. The van der Waals surface area contributed by atoms with Crippen molar-refractivity contribution in [2.24, 2.45) is 0 Å². The molecule has 0 unspecified atom stereocenters. The molecular weight excluding hydrogens is 450 g/mol. The van der Waals surface area contributed by atoms with Crippen molar-refractivity contribution in [1.82, 2.24) is 0 Å². The predicted molar refractivity (Wildman–Crippen MR) is 151 cm³/mol. The zero-order valence-electron chi connectivity index (χ0n) is 22.4. The van der Waals surface area contributed by atoms with Crippen LogP contribution in [0, 0.1) is 0 Å². The highest BCUT2D eigenvalue weighted by atomic mass is 35.5. The molecule has 35 heavy (non-hydrogen) atoms. The molecule has 0 aromatic heterocycles. The van der Waals surface area contributed by atoms with E-state index in [0.717, 1.165) is 39.3 Å². The maximum Gasteiger partial charge on any atom is 0.199 e. The number of rotatable bonds is 10. The fourth-order valence-electron chi connectivity index (χ4n) is 4.78. The third kappa shape index (κ3) is 6.67. The Hall–Kier alpha value is -2.78. The molecule has 0 amide bonds. The summed E-state index contributed by atoms with van der Waals surface area (Å²) in [4.78, 5) is 4.78. The van der Waals surface area contributed by atoms with Gasteiger partial charge in [-0.2, -0.15) is 0 Å². The van der Waals surface area contributed by atoms with Gasteiger partial charge in [-0.05, 0) is 100 Å². The summed E-state index contributed by atoms with van der Waals surface area (Å²) in [5, 5.41) is 0. The summed E-state index contributed by atoms with van der Waals surface area (Å²) < 4.78 is 2.39. The summed E-state index contributed by atoms with van der Waals surface area (Å²) in [6, 6.07) is 18.2. The second-order valence-corrected chi connectivity index (χ2v) is 8.53. The highest BCUT2D eigenvalue weighted by molar-refractivity contribution is 6.04. The predicted octanol–water partition coefficient (Wildman–Crippen LogP) is 3.80. The molecule has 1 aliphatic carbocycles. The first-order valence-electron chi connectivity index (χ1n) is 13.0. The molecule has 3 nitrogen and oxygen atoms in total. The largest absolute Gasteiger partial charge is 1.00 e. The summed E-state index contributed by atoms with van der Waals surface area (Å²) in [5.74, 6) is 0. The second-order valence-electron chi connectivity index (χ2n) is 8.53. The molecule has 0 saturated heterocycles. The van der Waals surface area contributed by atoms with Crippen LogP contribution < -0.4 is 22.2 Å². The van der Waals surface area contributed by atoms with Crippen LogP contribution in [0.4, 0.5) is 11.4 Å². The lowest BCUT2D eigenvalue weighted by Crippen LogP contribution is -3.00. The van der Waals surface area contributed by atoms with Crippen molar-refractivity contribution in [2.75, 3.05) is 49.1 Å². The normalized spacial score (nSPS) is 12.4. The molecular formula is C31H42ClN3. The third-order valence-electron chi connectivity index (χ3n) is 6.85. The molecule has 188 valence electrons. The Labute approximate surface area is 219 Å². The van der Waals surface area contributed by atoms with Gasteiger partial charge in [0.25, 0.3) is 0 Å². The van der Waals surface area contributed by atoms with Crippen LogP contribution in [0.2, 0.25) is 0 Å². The summed E-state index contributed by atoms with van der Waals surface area (Å²) in [5.41, 5.74) is 8.88. The molecule has 0 N–H and O–H groups in total. The van der Waals surface area contributed by atoms with Crippen molar-refractivity contribution in [3.63, 3.8) is 0 Å². The highest BCUT2D eigenvalue weighted by Gasteiger charge is 2.15. The lowest BCUT2D eigenvalue weighted by Gasteiger charge is -2.23. The van der Waals surface area contributed by atoms with Gasteiger partial charge < -0.3 is 22.2 Å². The van der Waals surface area contributed by atoms with Gasteiger partial charge in [-0.1, -0.05) is 24.3 Å². The Bertz CT molecular complexity index is 970. The summed E-state index contributed by atoms with van der Waals surface area (Å²) in [7, 11) is 0. The minimum Gasteiger partial charge on any atom is -1.00 e. The van der Waals surface area contributed by atoms with E-state index in [1.165, 1.54) is 39.4 Å². The van der Waals surface area contributed by atoms with Gasteiger partial charge in [-0.15, -0.1) is 0 Å². The topological polar surface area (TPSA) is 9.49 Å². The van der Waals surface area contributed by atoms with Crippen molar-refractivity contribution in [3.8, 4) is 0 Å². The van der Waals surface area contributed by atoms with Gasteiger partial charge in [-0.25, -0.2) is 4.58 Å². The molecule has 2 aromatic rings. The summed E-state index contributed by atoms with van der Waals surface area (Å²) >= 11 is 0. The van der Waals surface area contributed by atoms with Crippen LogP contribution in [0.25, 0.3) is 5.57 Å². The highest BCUT2D eigenvalue weighted by Crippen LogP contribution is 2.32. The minimum absolute atomic E-state index is 0. The first-order valence-corrected chi connectivity index (χ1v) is 13.0. The fourth-order valence-corrected chi connectivity index (χ4v) is 4.78. The van der Waals surface area contributed by atoms with Gasteiger partial charge in [-0.3, -0.25) is 0 Å². The molecule has 0 bridgehead atoms. The lowest BCUT2D eigenvalue weighted by atomic mass is 9.90. The Morgan fingerprint density at radius 1 is 0.571 bits per heavy atom. The number of benzene rings is 2. The van der Waals surface area contributed by atoms with Gasteiger partial charge in [0.2, 0.25) is 0 Å². The number of anilines is 2. The number of nitrogens with zero attached hydrogens (tertiary/aromatic N) is 3. The fraction of sp³-hybridized carbons (Fsp3) is 0.387. The van der Waals surface area contributed by atoms with E-state index < -0.39 is 0 Å². The third-order valence-corrected chi connectivity index (χ3v) is 6.85. The van der Waals surface area contributed by atoms with E-state index in [2.05, 4.69) is 129 Å². The number of allylic oxidation sites excluding steroid dienone is 5. The van der Waals surface area contributed by atoms with Crippen molar-refractivity contribution < 1.29 is 17.0 Å². The quantitative estimate of drug-likeness (QED) is 0.467. The summed E-state index contributed by atoms with van der Waals surface area (Å²) in [6.07, 6.45) is 9.08. The first kappa shape index (κ1) is 28.5. The van der Waals surface area contributed by atoms with E-state index in [1.54, 1.807) is 0 Å². The maximum atomic E-state index is 2.39. The van der Waals surface area contributed by atoms with Gasteiger partial charge in [0, 0.05) is 49.7 Å². The summed E-state index contributed by atoms with van der Waals surface area (Å²) in [6.45, 7) is 19.4. The molecule has 4 heteroatoms. The molecule has 0 spiro atoms. The maximum absolute atomic E-state index is 2.39. The van der Waals surface area contributed by atoms with E-state index in [1.807, 2.05) is 0 Å². The van der Waals surface area contributed by atoms with Crippen LogP contribution in [-0.2, 0) is 0 Å². The standard InChI is InChI=1S/C31H42N3.ClH/c1-7-32(8-2)28-19-13-25(14-20-28)31(26-15-21-29(22-16-26)33(9-3)10-4)27-17-23-30(24-18-27)34(11-5)12-6;/h13-24H,7-12H2,1-6H3;1H/q+1;/p-1. The van der Waals surface area contributed by atoms with Gasteiger partial charge >= 0.3 is 0 Å². The Balaban J connectivity index is 0.00000432. The number of hydrogen-bond acceptors (Lipinski definition) is 2. The van der Waals surface area contributed by atoms with E-state index in [-0.39, 0.29) is 12.4 Å². The Morgan fingerprint density at radius 3 is 1.26 bits per heavy atom. The molecule has 1 aliphatic rings. The number of hydrogen-bond donors (Lipinski definition) is 0. The molecule has 0 atom stereocenters. The zero-order valence-corrected chi connectivity index (χ0v) is 23.1. The molecule has 0 radical (unpaired) electrons. The average Bonchev–Trinajstić information content (AvgIpc) is 2.89. The lowest BCUT2D eigenvalue weighted by molar-refractivity contribution is -0.519. The zero-order chi connectivity index (χ0) is 24.5. The van der Waals surface area contributed by atoms with Gasteiger partial charge in [0.1, 0.15) is 13.1 Å².